The molecule has 0 atom stereocenters. The van der Waals surface area contributed by atoms with Crippen molar-refractivity contribution < 1.29 is 0 Å². The van der Waals surface area contributed by atoms with Crippen molar-refractivity contribution in [3.05, 3.63) is 169 Å². The lowest BCUT2D eigenvalue weighted by molar-refractivity contribution is 1.26. The SMILES string of the molecule is BrCc1cccc(N(c2ccccc2)c2ccc(-c3ccc(N(c4ccccc4)c4cccc(CBr)c4)cc3)cc2)c1. The molecule has 0 bridgehead atoms. The van der Waals surface area contributed by atoms with Crippen LogP contribution in [0.15, 0.2) is 158 Å². The van der Waals surface area contributed by atoms with E-state index in [1.807, 2.05) is 0 Å². The highest BCUT2D eigenvalue weighted by atomic mass is 79.9. The summed E-state index contributed by atoms with van der Waals surface area (Å²) in [6.45, 7) is 0. The van der Waals surface area contributed by atoms with Gasteiger partial charge in [0, 0.05) is 44.8 Å². The van der Waals surface area contributed by atoms with Crippen molar-refractivity contribution in [1.82, 2.24) is 0 Å². The highest BCUT2D eigenvalue weighted by Gasteiger charge is 2.15. The fourth-order valence-electron chi connectivity index (χ4n) is 5.21. The lowest BCUT2D eigenvalue weighted by Gasteiger charge is -2.26. The molecule has 206 valence electrons. The molecule has 0 amide bonds. The van der Waals surface area contributed by atoms with Crippen LogP contribution in [-0.4, -0.2) is 0 Å². The van der Waals surface area contributed by atoms with Crippen molar-refractivity contribution >= 4 is 66.0 Å². The lowest BCUT2D eigenvalue weighted by Crippen LogP contribution is -2.10. The molecule has 2 nitrogen and oxygen atoms in total. The van der Waals surface area contributed by atoms with Gasteiger partial charge in [0.05, 0.1) is 0 Å². The maximum Gasteiger partial charge on any atom is 0.0464 e. The minimum Gasteiger partial charge on any atom is -0.310 e. The van der Waals surface area contributed by atoms with Crippen LogP contribution in [0.5, 0.6) is 0 Å². The first-order valence-corrected chi connectivity index (χ1v) is 16.2. The summed E-state index contributed by atoms with van der Waals surface area (Å²) in [6.07, 6.45) is 0. The number of nitrogens with zero attached hydrogens (tertiary/aromatic N) is 2. The van der Waals surface area contributed by atoms with E-state index in [1.165, 1.54) is 22.3 Å². The maximum atomic E-state index is 3.61. The van der Waals surface area contributed by atoms with E-state index >= 15 is 0 Å². The first-order chi connectivity index (χ1) is 20.7. The third-order valence-corrected chi connectivity index (χ3v) is 8.55. The van der Waals surface area contributed by atoms with Gasteiger partial charge in [0.15, 0.2) is 0 Å². The van der Waals surface area contributed by atoms with Gasteiger partial charge in [-0.1, -0.05) is 117 Å². The van der Waals surface area contributed by atoms with Gasteiger partial charge in [-0.05, 0) is 95.1 Å². The van der Waals surface area contributed by atoms with Gasteiger partial charge in [-0.15, -0.1) is 0 Å². The Morgan fingerprint density at radius 3 is 1.02 bits per heavy atom. The van der Waals surface area contributed by atoms with Gasteiger partial charge in [0.2, 0.25) is 0 Å². The molecular weight excluding hydrogens is 644 g/mol. The molecule has 0 aromatic heterocycles. The Morgan fingerprint density at radius 1 is 0.333 bits per heavy atom. The molecule has 6 rings (SSSR count). The van der Waals surface area contributed by atoms with Crippen molar-refractivity contribution in [2.24, 2.45) is 0 Å². The zero-order chi connectivity index (χ0) is 28.7. The standard InChI is InChI=1S/C38H30Br2N2/c39-27-29-9-7-15-37(25-29)41(33-11-3-1-4-12-33)35-21-17-31(18-22-35)32-19-23-36(24-20-32)42(34-13-5-2-6-14-34)38-16-8-10-30(26-38)28-40/h1-26H,27-28H2. The van der Waals surface area contributed by atoms with E-state index in [-0.39, 0.29) is 0 Å². The van der Waals surface area contributed by atoms with Gasteiger partial charge < -0.3 is 9.80 Å². The molecule has 4 heteroatoms. The van der Waals surface area contributed by atoms with E-state index in [4.69, 9.17) is 0 Å². The molecule has 0 aliphatic heterocycles. The zero-order valence-electron chi connectivity index (χ0n) is 23.1. The topological polar surface area (TPSA) is 6.48 Å². The van der Waals surface area contributed by atoms with Crippen molar-refractivity contribution in [3.63, 3.8) is 0 Å². The number of anilines is 6. The molecule has 0 saturated heterocycles. The normalized spacial score (nSPS) is 10.8. The molecule has 0 saturated carbocycles. The summed E-state index contributed by atoms with van der Waals surface area (Å²) in [6, 6.07) is 56.1. The summed E-state index contributed by atoms with van der Waals surface area (Å²) in [5, 5.41) is 1.64. The highest BCUT2D eigenvalue weighted by Crippen LogP contribution is 2.38. The predicted octanol–water partition coefficient (Wildman–Crippen LogP) is 12.1. The van der Waals surface area contributed by atoms with Gasteiger partial charge >= 0.3 is 0 Å². The Bertz CT molecular complexity index is 1600. The average Bonchev–Trinajstić information content (AvgIpc) is 3.07. The molecule has 6 aromatic carbocycles. The van der Waals surface area contributed by atoms with Gasteiger partial charge in [0.1, 0.15) is 0 Å². The predicted molar refractivity (Wildman–Crippen MR) is 187 cm³/mol. The number of rotatable bonds is 9. The fraction of sp³-hybridized carbons (Fsp3) is 0.0526. The molecule has 6 aromatic rings. The first kappa shape index (κ1) is 28.0. The maximum absolute atomic E-state index is 3.61. The largest absolute Gasteiger partial charge is 0.310 e. The van der Waals surface area contributed by atoms with Crippen LogP contribution in [0.3, 0.4) is 0 Å². The molecule has 42 heavy (non-hydrogen) atoms. The Hall–Kier alpha value is -4.12. The quantitative estimate of drug-likeness (QED) is 0.141. The van der Waals surface area contributed by atoms with Crippen LogP contribution in [-0.2, 0) is 10.7 Å². The molecule has 0 spiro atoms. The average molecular weight is 674 g/mol. The van der Waals surface area contributed by atoms with Crippen LogP contribution < -0.4 is 9.80 Å². The van der Waals surface area contributed by atoms with Gasteiger partial charge in [-0.2, -0.15) is 0 Å². The number of benzene rings is 6. The van der Waals surface area contributed by atoms with E-state index in [9.17, 15) is 0 Å². The van der Waals surface area contributed by atoms with Crippen molar-refractivity contribution in [2.45, 2.75) is 10.7 Å². The minimum absolute atomic E-state index is 0.821. The lowest BCUT2D eigenvalue weighted by atomic mass is 10.0. The van der Waals surface area contributed by atoms with Crippen LogP contribution in [0.25, 0.3) is 11.1 Å². The Morgan fingerprint density at radius 2 is 0.667 bits per heavy atom. The van der Waals surface area contributed by atoms with Crippen LogP contribution in [0.2, 0.25) is 0 Å². The number of para-hydroxylation sites is 2. The zero-order valence-corrected chi connectivity index (χ0v) is 26.2. The summed E-state index contributed by atoms with van der Waals surface area (Å²) in [7, 11) is 0. The third kappa shape index (κ3) is 6.20. The second kappa shape index (κ2) is 13.2. The third-order valence-electron chi connectivity index (χ3n) is 7.26. The molecule has 0 unspecified atom stereocenters. The van der Waals surface area contributed by atoms with Gasteiger partial charge in [0.25, 0.3) is 0 Å². The second-order valence-corrected chi connectivity index (χ2v) is 11.2. The Labute approximate surface area is 265 Å². The highest BCUT2D eigenvalue weighted by molar-refractivity contribution is 9.08. The smallest absolute Gasteiger partial charge is 0.0464 e. The van der Waals surface area contributed by atoms with Crippen LogP contribution in [0.1, 0.15) is 11.1 Å². The van der Waals surface area contributed by atoms with Crippen LogP contribution in [0, 0.1) is 0 Å². The molecule has 0 aliphatic carbocycles. The van der Waals surface area contributed by atoms with Crippen molar-refractivity contribution in [1.29, 1.82) is 0 Å². The van der Waals surface area contributed by atoms with E-state index in [0.29, 0.717) is 0 Å². The van der Waals surface area contributed by atoms with E-state index < -0.39 is 0 Å². The monoisotopic (exact) mass is 672 g/mol. The van der Waals surface area contributed by atoms with Crippen molar-refractivity contribution in [3.8, 4) is 11.1 Å². The summed E-state index contributed by atoms with van der Waals surface area (Å²) in [5.41, 5.74) is 11.6. The Balaban J connectivity index is 1.32. The molecule has 0 fully saturated rings. The van der Waals surface area contributed by atoms with Crippen LogP contribution in [0.4, 0.5) is 34.1 Å². The molecular formula is C38H30Br2N2. The van der Waals surface area contributed by atoms with Gasteiger partial charge in [-0.25, -0.2) is 0 Å². The summed E-state index contributed by atoms with van der Waals surface area (Å²) in [4.78, 5) is 4.61. The van der Waals surface area contributed by atoms with Crippen molar-refractivity contribution in [2.75, 3.05) is 9.80 Å². The van der Waals surface area contributed by atoms with Crippen LogP contribution >= 0.6 is 31.9 Å². The Kier molecular flexibility index (Phi) is 8.83. The summed E-state index contributed by atoms with van der Waals surface area (Å²) < 4.78 is 0. The second-order valence-electron chi connectivity index (χ2n) is 10.0. The van der Waals surface area contributed by atoms with Gasteiger partial charge in [-0.3, -0.25) is 0 Å². The number of hydrogen-bond donors (Lipinski definition) is 0. The number of halogens is 2. The summed E-state index contributed by atoms with van der Waals surface area (Å²) in [5.74, 6) is 0. The van der Waals surface area contributed by atoms with E-state index in [2.05, 4.69) is 199 Å². The van der Waals surface area contributed by atoms with E-state index in [0.717, 1.165) is 44.8 Å². The molecule has 0 radical (unpaired) electrons. The fourth-order valence-corrected chi connectivity index (χ4v) is 5.91. The van der Waals surface area contributed by atoms with E-state index in [1.54, 1.807) is 0 Å². The molecule has 0 N–H and O–H groups in total. The molecule has 0 aliphatic rings. The summed E-state index contributed by atoms with van der Waals surface area (Å²) >= 11 is 7.22. The number of alkyl halides is 2. The minimum atomic E-state index is 0.821. The number of hydrogen-bond acceptors (Lipinski definition) is 2. The first-order valence-electron chi connectivity index (χ1n) is 13.9. The molecule has 0 heterocycles.